The minimum Gasteiger partial charge on any atom is -0.494 e. The van der Waals surface area contributed by atoms with Gasteiger partial charge in [0.2, 0.25) is 17.7 Å². The Hall–Kier alpha value is -4.75. The zero-order valence-corrected chi connectivity index (χ0v) is 25.2. The number of fused-ring (bicyclic) bond motifs is 4. The second-order valence-electron chi connectivity index (χ2n) is 10.9. The maximum absolute atomic E-state index is 13.5. The number of hydrogen-bond donors (Lipinski definition) is 2. The number of rotatable bonds is 6. The summed E-state index contributed by atoms with van der Waals surface area (Å²) in [4.78, 5) is 55.7. The fraction of sp³-hybridized carbons (Fsp3) is 0.500. The number of amides is 3. The fourth-order valence-electron chi connectivity index (χ4n) is 5.66. The zero-order valence-electron chi connectivity index (χ0n) is 25.2. The number of ether oxygens (including phenoxy) is 1. The molecular weight excluding hydrogens is 568 g/mol. The predicted molar refractivity (Wildman–Crippen MR) is 159 cm³/mol. The molecule has 2 aliphatic heterocycles. The SMILES string of the molecule is Cc1cc(C)n(CC(=O)N2C[C@@H]3C(=O)NCCN(C(=O)CCCn4cncn4)CCCOc4cccc(c4)[C@H]3C2)n1.O=CO. The Morgan fingerprint density at radius 3 is 2.64 bits per heavy atom. The van der Waals surface area contributed by atoms with Crippen LogP contribution in [-0.4, -0.2) is 103 Å². The van der Waals surface area contributed by atoms with Crippen LogP contribution in [0.2, 0.25) is 0 Å². The van der Waals surface area contributed by atoms with Gasteiger partial charge >= 0.3 is 0 Å². The third kappa shape index (κ3) is 8.64. The van der Waals surface area contributed by atoms with Gasteiger partial charge < -0.3 is 25.0 Å². The minimum absolute atomic E-state index is 0.0353. The lowest BCUT2D eigenvalue weighted by Gasteiger charge is -2.25. The second-order valence-corrected chi connectivity index (χ2v) is 10.9. The number of hydrogen-bond acceptors (Lipinski definition) is 8. The average molecular weight is 609 g/mol. The molecule has 0 aliphatic carbocycles. The lowest BCUT2D eigenvalue weighted by atomic mass is 9.88. The summed E-state index contributed by atoms with van der Waals surface area (Å²) in [5.74, 6) is -0.00216. The van der Waals surface area contributed by atoms with Crippen molar-refractivity contribution in [1.29, 1.82) is 0 Å². The van der Waals surface area contributed by atoms with Gasteiger partial charge in [0.05, 0.1) is 18.2 Å². The number of nitrogens with zero attached hydrogens (tertiary/aromatic N) is 7. The number of carbonyl (C=O) groups excluding carboxylic acids is 3. The number of aryl methyl sites for hydroxylation is 3. The molecule has 3 amide bonds. The van der Waals surface area contributed by atoms with Crippen molar-refractivity contribution in [2.75, 3.05) is 39.3 Å². The summed E-state index contributed by atoms with van der Waals surface area (Å²) < 4.78 is 9.46. The Morgan fingerprint density at radius 1 is 1.11 bits per heavy atom. The van der Waals surface area contributed by atoms with Crippen LogP contribution in [0.4, 0.5) is 0 Å². The van der Waals surface area contributed by atoms with Crippen molar-refractivity contribution >= 4 is 24.2 Å². The minimum atomic E-state index is -0.413. The van der Waals surface area contributed by atoms with Crippen LogP contribution in [0.3, 0.4) is 0 Å². The standard InChI is InChI=1S/C29H38N8O4.CH2O2/c1-21-14-22(2)37(33-21)18-28(39)35-16-25-23-6-3-7-24(15-23)41-13-5-10-34(12-9-31-29(40)26(25)17-35)27(38)8-4-11-36-20-30-19-32-36;2-1-3/h3,6-7,14-15,19-20,25-26H,4-5,8-13,16-18H2,1-2H3,(H,31,40);1H,(H,2,3)/t25-,26+;/m1./s1. The summed E-state index contributed by atoms with van der Waals surface area (Å²) >= 11 is 0. The van der Waals surface area contributed by atoms with Crippen LogP contribution in [0.1, 0.15) is 42.1 Å². The smallest absolute Gasteiger partial charge is 0.290 e. The van der Waals surface area contributed by atoms with E-state index >= 15 is 0 Å². The molecule has 0 unspecified atom stereocenters. The molecule has 4 heterocycles. The van der Waals surface area contributed by atoms with Gasteiger partial charge in [0, 0.05) is 57.3 Å². The Balaban J connectivity index is 0.00000141. The molecule has 0 spiro atoms. The van der Waals surface area contributed by atoms with Gasteiger partial charge in [0.1, 0.15) is 24.9 Å². The van der Waals surface area contributed by atoms with Crippen molar-refractivity contribution < 1.29 is 29.0 Å². The van der Waals surface area contributed by atoms with Gasteiger partial charge in [-0.05, 0) is 50.5 Å². The maximum atomic E-state index is 13.5. The van der Waals surface area contributed by atoms with Crippen LogP contribution in [0.25, 0.3) is 0 Å². The number of carbonyl (C=O) groups is 4. The van der Waals surface area contributed by atoms with Gasteiger partial charge in [-0.2, -0.15) is 10.2 Å². The molecule has 2 N–H and O–H groups in total. The molecular formula is C30H40N8O6. The highest BCUT2D eigenvalue weighted by Crippen LogP contribution is 2.35. The van der Waals surface area contributed by atoms with E-state index in [2.05, 4.69) is 20.5 Å². The van der Waals surface area contributed by atoms with Gasteiger partial charge in [0.15, 0.2) is 0 Å². The molecule has 236 valence electrons. The fourth-order valence-corrected chi connectivity index (χ4v) is 5.66. The van der Waals surface area contributed by atoms with Crippen LogP contribution < -0.4 is 10.1 Å². The first-order chi connectivity index (χ1) is 21.3. The number of nitrogens with one attached hydrogen (secondary N) is 1. The van der Waals surface area contributed by atoms with E-state index in [0.717, 1.165) is 22.7 Å². The molecule has 2 atom stereocenters. The first-order valence-electron chi connectivity index (χ1n) is 14.8. The van der Waals surface area contributed by atoms with E-state index in [1.54, 1.807) is 25.5 Å². The van der Waals surface area contributed by atoms with E-state index in [4.69, 9.17) is 14.6 Å². The number of carboxylic acid groups (broad SMARTS) is 1. The first kappa shape index (κ1) is 32.2. The third-order valence-corrected chi connectivity index (χ3v) is 7.80. The summed E-state index contributed by atoms with van der Waals surface area (Å²) in [5, 5.41) is 18.5. The molecule has 2 aliphatic rings. The molecule has 14 nitrogen and oxygen atoms in total. The van der Waals surface area contributed by atoms with Crippen LogP contribution in [-0.2, 0) is 32.3 Å². The summed E-state index contributed by atoms with van der Waals surface area (Å²) in [5.41, 5.74) is 2.77. The molecule has 14 heteroatoms. The van der Waals surface area contributed by atoms with Gasteiger partial charge in [-0.15, -0.1) is 0 Å². The van der Waals surface area contributed by atoms with Crippen LogP contribution in [0.15, 0.2) is 43.0 Å². The largest absolute Gasteiger partial charge is 0.494 e. The van der Waals surface area contributed by atoms with Crippen molar-refractivity contribution in [2.45, 2.75) is 52.1 Å². The van der Waals surface area contributed by atoms with Crippen LogP contribution in [0, 0.1) is 19.8 Å². The van der Waals surface area contributed by atoms with Crippen molar-refractivity contribution in [3.8, 4) is 5.75 Å². The highest BCUT2D eigenvalue weighted by atomic mass is 16.5. The highest BCUT2D eigenvalue weighted by Gasteiger charge is 2.40. The Kier molecular flexibility index (Phi) is 11.4. The molecule has 2 aromatic heterocycles. The monoisotopic (exact) mass is 608 g/mol. The Morgan fingerprint density at radius 2 is 1.91 bits per heavy atom. The third-order valence-electron chi connectivity index (χ3n) is 7.80. The number of aromatic nitrogens is 5. The number of benzene rings is 1. The quantitative estimate of drug-likeness (QED) is 0.392. The topological polar surface area (TPSA) is 165 Å². The molecule has 2 bridgehead atoms. The molecule has 3 aromatic rings. The van der Waals surface area contributed by atoms with E-state index in [1.807, 2.05) is 44.2 Å². The summed E-state index contributed by atoms with van der Waals surface area (Å²) in [6.45, 7) is 6.87. The van der Waals surface area contributed by atoms with E-state index < -0.39 is 5.92 Å². The summed E-state index contributed by atoms with van der Waals surface area (Å²) in [6.07, 6.45) is 4.83. The van der Waals surface area contributed by atoms with E-state index in [0.29, 0.717) is 65.1 Å². The number of likely N-dealkylation sites (tertiary alicyclic amines) is 1. The van der Waals surface area contributed by atoms with Gasteiger partial charge in [-0.25, -0.2) is 4.98 Å². The van der Waals surface area contributed by atoms with Crippen molar-refractivity contribution in [1.82, 2.24) is 39.7 Å². The maximum Gasteiger partial charge on any atom is 0.290 e. The van der Waals surface area contributed by atoms with Crippen molar-refractivity contribution in [3.63, 3.8) is 0 Å². The highest BCUT2D eigenvalue weighted by molar-refractivity contribution is 5.83. The molecule has 44 heavy (non-hydrogen) atoms. The average Bonchev–Trinajstić information content (AvgIpc) is 3.75. The van der Waals surface area contributed by atoms with E-state index in [-0.39, 0.29) is 36.7 Å². The molecule has 1 fully saturated rings. The Labute approximate surface area is 256 Å². The van der Waals surface area contributed by atoms with Crippen LogP contribution in [0.5, 0.6) is 5.75 Å². The molecule has 0 radical (unpaired) electrons. The summed E-state index contributed by atoms with van der Waals surface area (Å²) in [7, 11) is 0. The van der Waals surface area contributed by atoms with Crippen molar-refractivity contribution in [2.24, 2.45) is 5.92 Å². The lowest BCUT2D eigenvalue weighted by Crippen LogP contribution is -2.42. The summed E-state index contributed by atoms with van der Waals surface area (Å²) in [6, 6.07) is 9.74. The van der Waals surface area contributed by atoms with Crippen molar-refractivity contribution in [3.05, 3.63) is 59.9 Å². The molecule has 5 rings (SSSR count). The van der Waals surface area contributed by atoms with Gasteiger partial charge in [0.25, 0.3) is 6.47 Å². The normalized spacial score (nSPS) is 18.6. The molecule has 0 saturated carbocycles. The van der Waals surface area contributed by atoms with Crippen LogP contribution >= 0.6 is 0 Å². The van der Waals surface area contributed by atoms with Gasteiger partial charge in [-0.1, -0.05) is 12.1 Å². The first-order valence-corrected chi connectivity index (χ1v) is 14.8. The molecule has 1 saturated heterocycles. The zero-order chi connectivity index (χ0) is 31.5. The Bertz CT molecular complexity index is 1410. The van der Waals surface area contributed by atoms with E-state index in [1.165, 1.54) is 6.33 Å². The van der Waals surface area contributed by atoms with Gasteiger partial charge in [-0.3, -0.25) is 28.5 Å². The molecule has 1 aromatic carbocycles. The second kappa shape index (κ2) is 15.6. The predicted octanol–water partition coefficient (Wildman–Crippen LogP) is 1.24. The lowest BCUT2D eigenvalue weighted by molar-refractivity contribution is -0.133. The van der Waals surface area contributed by atoms with E-state index in [9.17, 15) is 14.4 Å².